The smallest absolute Gasteiger partial charge is 0.414 e. The molecule has 2 bridgehead atoms. The van der Waals surface area contributed by atoms with E-state index in [9.17, 15) is 18.0 Å². The first-order chi connectivity index (χ1) is 17.5. The number of piperidine rings is 1. The Morgan fingerprint density at radius 2 is 1.61 bits per heavy atom. The number of amides is 1. The van der Waals surface area contributed by atoms with Crippen LogP contribution in [0.2, 0.25) is 0 Å². The van der Waals surface area contributed by atoms with Crippen molar-refractivity contribution in [2.45, 2.75) is 25.9 Å². The molecule has 2 aliphatic rings. The average Bonchev–Trinajstić information content (AvgIpc) is 3.11. The van der Waals surface area contributed by atoms with Crippen LogP contribution in [0.1, 0.15) is 24.0 Å². The molecular formula is C29H29F3N2O2. The van der Waals surface area contributed by atoms with Gasteiger partial charge in [-0.3, -0.25) is 9.80 Å². The molecular weight excluding hydrogens is 465 g/mol. The van der Waals surface area contributed by atoms with Crippen LogP contribution in [0.15, 0.2) is 72.8 Å². The van der Waals surface area contributed by atoms with Gasteiger partial charge in [-0.15, -0.1) is 0 Å². The minimum atomic E-state index is -1.00. The molecule has 1 saturated carbocycles. The molecule has 1 aliphatic carbocycles. The van der Waals surface area contributed by atoms with E-state index < -0.39 is 23.5 Å². The molecule has 36 heavy (non-hydrogen) atoms. The van der Waals surface area contributed by atoms with Gasteiger partial charge in [0.05, 0.1) is 18.8 Å². The van der Waals surface area contributed by atoms with Crippen LogP contribution in [0.25, 0.3) is 0 Å². The molecule has 1 heterocycles. The van der Waals surface area contributed by atoms with Crippen LogP contribution in [-0.4, -0.2) is 30.7 Å². The summed E-state index contributed by atoms with van der Waals surface area (Å²) >= 11 is 0. The van der Waals surface area contributed by atoms with Gasteiger partial charge in [0.15, 0.2) is 11.6 Å². The molecule has 188 valence electrons. The van der Waals surface area contributed by atoms with Crippen LogP contribution >= 0.6 is 0 Å². The molecule has 1 amide bonds. The van der Waals surface area contributed by atoms with Crippen molar-refractivity contribution >= 4 is 11.8 Å². The van der Waals surface area contributed by atoms with Gasteiger partial charge in [-0.2, -0.15) is 0 Å². The SMILES string of the molecule is O=C(OCC1C2CCC1CN(Cc1ccccc1)C2)N(Cc1ccc(F)c(F)c1)c1cccc(F)c1. The van der Waals surface area contributed by atoms with Crippen molar-refractivity contribution in [3.8, 4) is 0 Å². The van der Waals surface area contributed by atoms with E-state index in [2.05, 4.69) is 29.2 Å². The van der Waals surface area contributed by atoms with Gasteiger partial charge >= 0.3 is 6.09 Å². The number of nitrogens with zero attached hydrogens (tertiary/aromatic N) is 2. The first kappa shape index (κ1) is 24.4. The van der Waals surface area contributed by atoms with Gasteiger partial charge in [0.2, 0.25) is 0 Å². The van der Waals surface area contributed by atoms with Crippen molar-refractivity contribution in [2.75, 3.05) is 24.6 Å². The van der Waals surface area contributed by atoms with Gasteiger partial charge in [-0.25, -0.2) is 18.0 Å². The van der Waals surface area contributed by atoms with Gasteiger partial charge < -0.3 is 4.74 Å². The summed E-state index contributed by atoms with van der Waals surface area (Å²) in [4.78, 5) is 16.9. The van der Waals surface area contributed by atoms with Gasteiger partial charge in [0, 0.05) is 25.6 Å². The van der Waals surface area contributed by atoms with E-state index in [-0.39, 0.29) is 19.1 Å². The molecule has 4 nitrogen and oxygen atoms in total. The summed E-state index contributed by atoms with van der Waals surface area (Å²) in [5.74, 6) is -1.28. The van der Waals surface area contributed by atoms with E-state index in [1.807, 2.05) is 6.07 Å². The van der Waals surface area contributed by atoms with Crippen LogP contribution in [-0.2, 0) is 17.8 Å². The molecule has 5 rings (SSSR count). The molecule has 1 aliphatic heterocycles. The number of halogens is 3. The lowest BCUT2D eigenvalue weighted by molar-refractivity contribution is 0.0506. The Morgan fingerprint density at radius 3 is 2.31 bits per heavy atom. The number of fused-ring (bicyclic) bond motifs is 2. The summed E-state index contributed by atoms with van der Waals surface area (Å²) in [6, 6.07) is 19.5. The zero-order valence-electron chi connectivity index (χ0n) is 20.0. The molecule has 3 aromatic carbocycles. The highest BCUT2D eigenvalue weighted by atomic mass is 19.2. The maximum absolute atomic E-state index is 13.9. The fourth-order valence-electron chi connectivity index (χ4n) is 5.65. The Bertz CT molecular complexity index is 1190. The van der Waals surface area contributed by atoms with E-state index in [4.69, 9.17) is 4.74 Å². The van der Waals surface area contributed by atoms with Crippen LogP contribution < -0.4 is 4.90 Å². The maximum atomic E-state index is 13.9. The molecule has 0 radical (unpaired) electrons. The van der Waals surface area contributed by atoms with Crippen molar-refractivity contribution in [3.63, 3.8) is 0 Å². The number of carbonyl (C=O) groups is 1. The van der Waals surface area contributed by atoms with E-state index in [0.29, 0.717) is 23.1 Å². The fourth-order valence-corrected chi connectivity index (χ4v) is 5.65. The quantitative estimate of drug-likeness (QED) is 0.381. The van der Waals surface area contributed by atoms with Crippen LogP contribution in [0.5, 0.6) is 0 Å². The molecule has 2 unspecified atom stereocenters. The number of anilines is 1. The van der Waals surface area contributed by atoms with Crippen LogP contribution in [0, 0.1) is 35.2 Å². The van der Waals surface area contributed by atoms with Gasteiger partial charge in [-0.05, 0) is 66.1 Å². The van der Waals surface area contributed by atoms with Crippen molar-refractivity contribution in [3.05, 3.63) is 101 Å². The monoisotopic (exact) mass is 494 g/mol. The average molecular weight is 495 g/mol. The van der Waals surface area contributed by atoms with Crippen LogP contribution in [0.3, 0.4) is 0 Å². The second-order valence-corrected chi connectivity index (χ2v) is 9.83. The Morgan fingerprint density at radius 1 is 0.861 bits per heavy atom. The summed E-state index contributed by atoms with van der Waals surface area (Å²) in [6.07, 6.45) is 1.60. The predicted octanol–water partition coefficient (Wildman–Crippen LogP) is 6.41. The van der Waals surface area contributed by atoms with Crippen molar-refractivity contribution in [1.29, 1.82) is 0 Å². The molecule has 0 aromatic heterocycles. The summed E-state index contributed by atoms with van der Waals surface area (Å²) in [7, 11) is 0. The Balaban J connectivity index is 1.25. The van der Waals surface area contributed by atoms with Crippen LogP contribution in [0.4, 0.5) is 23.7 Å². The molecule has 0 spiro atoms. The Labute approximate surface area is 209 Å². The minimum absolute atomic E-state index is 0.0676. The molecule has 0 N–H and O–H groups in total. The Kier molecular flexibility index (Phi) is 7.28. The number of hydrogen-bond acceptors (Lipinski definition) is 3. The van der Waals surface area contributed by atoms with E-state index in [1.165, 1.54) is 34.7 Å². The molecule has 3 aromatic rings. The highest BCUT2D eigenvalue weighted by molar-refractivity contribution is 5.87. The largest absolute Gasteiger partial charge is 0.449 e. The third kappa shape index (κ3) is 5.57. The minimum Gasteiger partial charge on any atom is -0.449 e. The summed E-state index contributed by atoms with van der Waals surface area (Å²) in [5.41, 5.74) is 1.97. The lowest BCUT2D eigenvalue weighted by atomic mass is 9.85. The predicted molar refractivity (Wildman–Crippen MR) is 132 cm³/mol. The van der Waals surface area contributed by atoms with Crippen molar-refractivity contribution in [2.24, 2.45) is 17.8 Å². The van der Waals surface area contributed by atoms with E-state index in [1.54, 1.807) is 6.07 Å². The van der Waals surface area contributed by atoms with E-state index >= 15 is 0 Å². The number of rotatable bonds is 7. The lowest BCUT2D eigenvalue weighted by Gasteiger charge is -2.38. The number of benzene rings is 3. The second-order valence-electron chi connectivity index (χ2n) is 9.83. The topological polar surface area (TPSA) is 32.8 Å². The number of carbonyl (C=O) groups excluding carboxylic acids is 1. The molecule has 2 atom stereocenters. The van der Waals surface area contributed by atoms with Gasteiger partial charge in [0.25, 0.3) is 0 Å². The van der Waals surface area contributed by atoms with Gasteiger partial charge in [-0.1, -0.05) is 42.5 Å². The second kappa shape index (κ2) is 10.7. The van der Waals surface area contributed by atoms with Crippen molar-refractivity contribution < 1.29 is 22.7 Å². The highest BCUT2D eigenvalue weighted by Gasteiger charge is 2.42. The summed E-state index contributed by atoms with van der Waals surface area (Å²) in [6.45, 7) is 3.08. The number of likely N-dealkylation sites (tertiary alicyclic amines) is 1. The lowest BCUT2D eigenvalue weighted by Crippen LogP contribution is -2.44. The number of hydrogen-bond donors (Lipinski definition) is 0. The maximum Gasteiger partial charge on any atom is 0.414 e. The third-order valence-electron chi connectivity index (χ3n) is 7.42. The first-order valence-corrected chi connectivity index (χ1v) is 12.4. The fraction of sp³-hybridized carbons (Fsp3) is 0.345. The zero-order valence-corrected chi connectivity index (χ0v) is 20.0. The molecule has 7 heteroatoms. The standard InChI is InChI=1S/C29H29F3N2O2/c30-24-7-4-8-25(14-24)34(16-21-9-12-27(31)28(32)13-21)29(35)36-19-26-22-10-11-23(26)18-33(17-22)15-20-5-2-1-3-6-20/h1-9,12-14,22-23,26H,10-11,15-19H2. The molecule has 1 saturated heterocycles. The first-order valence-electron chi connectivity index (χ1n) is 12.4. The number of ether oxygens (including phenoxy) is 1. The van der Waals surface area contributed by atoms with Gasteiger partial charge in [0.1, 0.15) is 5.82 Å². The summed E-state index contributed by atoms with van der Waals surface area (Å²) in [5, 5.41) is 0. The Hall–Kier alpha value is -3.32. The third-order valence-corrected chi connectivity index (χ3v) is 7.42. The zero-order chi connectivity index (χ0) is 25.1. The summed E-state index contributed by atoms with van der Waals surface area (Å²) < 4.78 is 46.9. The normalized spacial score (nSPS) is 21.4. The van der Waals surface area contributed by atoms with Crippen molar-refractivity contribution in [1.82, 2.24) is 4.90 Å². The van der Waals surface area contributed by atoms with E-state index in [0.717, 1.165) is 44.6 Å². The molecule has 2 fully saturated rings. The highest BCUT2D eigenvalue weighted by Crippen LogP contribution is 2.42.